The Kier molecular flexibility index (Phi) is 4.42. The molecule has 0 N–H and O–H groups in total. The van der Waals surface area contributed by atoms with Crippen molar-refractivity contribution in [3.63, 3.8) is 0 Å². The van der Waals surface area contributed by atoms with Crippen molar-refractivity contribution < 1.29 is 9.34 Å². The van der Waals surface area contributed by atoms with E-state index in [-0.39, 0.29) is 5.69 Å². The number of hydrogen-bond donors (Lipinski definition) is 0. The molecule has 0 saturated heterocycles. The molecule has 0 spiro atoms. The molecule has 1 aromatic heterocycles. The third-order valence-electron chi connectivity index (χ3n) is 2.82. The van der Waals surface area contributed by atoms with Crippen molar-refractivity contribution >= 4 is 39.4 Å². The highest BCUT2D eigenvalue weighted by Crippen LogP contribution is 2.29. The molecule has 0 fully saturated rings. The lowest BCUT2D eigenvalue weighted by atomic mass is 10.2. The fourth-order valence-electron chi connectivity index (χ4n) is 1.78. The number of halogens is 1. The smallest absolute Gasteiger partial charge is 0.269 e. The molecular formula is C14H14BrN3O3. The van der Waals surface area contributed by atoms with E-state index in [1.165, 1.54) is 12.1 Å². The van der Waals surface area contributed by atoms with Crippen molar-refractivity contribution in [2.45, 2.75) is 6.92 Å². The lowest BCUT2D eigenvalue weighted by Gasteiger charge is -2.07. The second kappa shape index (κ2) is 6.09. The summed E-state index contributed by atoms with van der Waals surface area (Å²) in [7, 11) is 3.76. The number of anilines is 1. The molecule has 0 atom stereocenters. The maximum atomic E-state index is 10.7. The van der Waals surface area contributed by atoms with Crippen molar-refractivity contribution in [2.75, 3.05) is 19.0 Å². The summed E-state index contributed by atoms with van der Waals surface area (Å²) >= 11 is 3.41. The van der Waals surface area contributed by atoms with Crippen molar-refractivity contribution in [2.24, 2.45) is 4.99 Å². The topological polar surface area (TPSA) is 71.9 Å². The van der Waals surface area contributed by atoms with Crippen LogP contribution in [0.2, 0.25) is 0 Å². The highest BCUT2D eigenvalue weighted by atomic mass is 79.9. The molecule has 0 amide bonds. The van der Waals surface area contributed by atoms with Gasteiger partial charge in [0.15, 0.2) is 0 Å². The molecule has 1 aromatic carbocycles. The third-order valence-corrected chi connectivity index (χ3v) is 3.38. The minimum absolute atomic E-state index is 0.0575. The average Bonchev–Trinajstić information content (AvgIpc) is 2.78. The first-order chi connectivity index (χ1) is 9.88. The summed E-state index contributed by atoms with van der Waals surface area (Å²) in [5, 5.41) is 10.7. The summed E-state index contributed by atoms with van der Waals surface area (Å²) < 4.78 is 6.46. The van der Waals surface area contributed by atoms with Crippen molar-refractivity contribution in [1.29, 1.82) is 0 Å². The molecule has 1 heterocycles. The zero-order chi connectivity index (χ0) is 15.6. The van der Waals surface area contributed by atoms with Gasteiger partial charge in [-0.2, -0.15) is 0 Å². The molecule has 21 heavy (non-hydrogen) atoms. The molecule has 0 aliphatic rings. The second-order valence-electron chi connectivity index (χ2n) is 4.68. The maximum Gasteiger partial charge on any atom is 0.269 e. The fourth-order valence-corrected chi connectivity index (χ4v) is 2.44. The van der Waals surface area contributed by atoms with Crippen LogP contribution >= 0.6 is 15.9 Å². The van der Waals surface area contributed by atoms with Crippen LogP contribution in [0, 0.1) is 17.0 Å². The van der Waals surface area contributed by atoms with Gasteiger partial charge in [-0.25, -0.2) is 0 Å². The lowest BCUT2D eigenvalue weighted by molar-refractivity contribution is -0.384. The van der Waals surface area contributed by atoms with Crippen LogP contribution in [0.4, 0.5) is 17.3 Å². The molecular weight excluding hydrogens is 338 g/mol. The van der Waals surface area contributed by atoms with Gasteiger partial charge in [0.2, 0.25) is 5.88 Å². The first-order valence-corrected chi connectivity index (χ1v) is 6.93. The van der Waals surface area contributed by atoms with Crippen LogP contribution in [0.15, 0.2) is 38.1 Å². The number of nitro benzene ring substituents is 1. The van der Waals surface area contributed by atoms with E-state index in [1.54, 1.807) is 19.2 Å². The van der Waals surface area contributed by atoms with Crippen LogP contribution in [0.1, 0.15) is 11.3 Å². The van der Waals surface area contributed by atoms with Gasteiger partial charge in [-0.05, 0) is 34.5 Å². The normalized spacial score (nSPS) is 11.0. The molecule has 0 aliphatic carbocycles. The number of non-ortho nitro benzene ring substituents is 1. The number of hydrogen-bond acceptors (Lipinski definition) is 5. The van der Waals surface area contributed by atoms with Gasteiger partial charge in [0.25, 0.3) is 5.69 Å². The number of aliphatic imine (C=N–C) groups is 1. The number of furan rings is 1. The average molecular weight is 352 g/mol. The molecule has 0 aliphatic heterocycles. The molecule has 0 radical (unpaired) electrons. The standard InChI is InChI=1S/C14H14BrN3O3/c1-9-6-10(18(19)20)4-5-13(9)16-8-11-7-12(15)14(21-11)17(2)3/h4-8H,1-3H3. The van der Waals surface area contributed by atoms with Crippen molar-refractivity contribution in [3.05, 3.63) is 50.2 Å². The van der Waals surface area contributed by atoms with Crippen LogP contribution < -0.4 is 4.90 Å². The molecule has 6 nitrogen and oxygen atoms in total. The lowest BCUT2D eigenvalue weighted by Crippen LogP contribution is -2.07. The van der Waals surface area contributed by atoms with Crippen LogP contribution in [-0.4, -0.2) is 25.2 Å². The predicted molar refractivity (Wildman–Crippen MR) is 85.8 cm³/mol. The summed E-state index contributed by atoms with van der Waals surface area (Å²) in [6.45, 7) is 1.78. The summed E-state index contributed by atoms with van der Waals surface area (Å²) in [6.07, 6.45) is 1.59. The number of nitrogens with zero attached hydrogens (tertiary/aromatic N) is 3. The zero-order valence-corrected chi connectivity index (χ0v) is 13.4. The third kappa shape index (κ3) is 3.49. The summed E-state index contributed by atoms with van der Waals surface area (Å²) in [4.78, 5) is 16.4. The van der Waals surface area contributed by atoms with E-state index in [4.69, 9.17) is 4.42 Å². The van der Waals surface area contributed by atoms with E-state index in [2.05, 4.69) is 20.9 Å². The highest BCUT2D eigenvalue weighted by Gasteiger charge is 2.10. The Morgan fingerprint density at radius 1 is 1.38 bits per heavy atom. The minimum Gasteiger partial charge on any atom is -0.438 e. The number of nitro groups is 1. The number of rotatable bonds is 4. The number of benzene rings is 1. The molecule has 0 unspecified atom stereocenters. The molecule has 110 valence electrons. The Balaban J connectivity index is 2.25. The van der Waals surface area contributed by atoms with Crippen LogP contribution in [-0.2, 0) is 0 Å². The van der Waals surface area contributed by atoms with Crippen molar-refractivity contribution in [3.8, 4) is 0 Å². The first-order valence-electron chi connectivity index (χ1n) is 6.14. The first kappa shape index (κ1) is 15.2. The molecule has 2 rings (SSSR count). The Bertz CT molecular complexity index is 707. The van der Waals surface area contributed by atoms with Gasteiger partial charge in [0, 0.05) is 32.3 Å². The summed E-state index contributed by atoms with van der Waals surface area (Å²) in [5.74, 6) is 1.31. The number of aryl methyl sites for hydroxylation is 1. The van der Waals surface area contributed by atoms with E-state index in [9.17, 15) is 10.1 Å². The SMILES string of the molecule is Cc1cc([N+](=O)[O-])ccc1N=Cc1cc(Br)c(N(C)C)o1. The van der Waals surface area contributed by atoms with Crippen LogP contribution in [0.5, 0.6) is 0 Å². The largest absolute Gasteiger partial charge is 0.438 e. The zero-order valence-electron chi connectivity index (χ0n) is 11.8. The van der Waals surface area contributed by atoms with Gasteiger partial charge < -0.3 is 9.32 Å². The van der Waals surface area contributed by atoms with Crippen LogP contribution in [0.25, 0.3) is 0 Å². The van der Waals surface area contributed by atoms with Gasteiger partial charge in [0.1, 0.15) is 5.76 Å². The Hall–Kier alpha value is -2.15. The van der Waals surface area contributed by atoms with Gasteiger partial charge >= 0.3 is 0 Å². The van der Waals surface area contributed by atoms with E-state index >= 15 is 0 Å². The van der Waals surface area contributed by atoms with Gasteiger partial charge in [-0.15, -0.1) is 0 Å². The second-order valence-corrected chi connectivity index (χ2v) is 5.54. The van der Waals surface area contributed by atoms with E-state index < -0.39 is 4.92 Å². The quantitative estimate of drug-likeness (QED) is 0.472. The van der Waals surface area contributed by atoms with Gasteiger partial charge in [0.05, 0.1) is 21.3 Å². The van der Waals surface area contributed by atoms with E-state index in [1.807, 2.05) is 25.1 Å². The Labute approximate surface area is 130 Å². The predicted octanol–water partition coefficient (Wildman–Crippen LogP) is 4.08. The molecule has 0 saturated carbocycles. The maximum absolute atomic E-state index is 10.7. The van der Waals surface area contributed by atoms with Crippen molar-refractivity contribution in [1.82, 2.24) is 0 Å². The van der Waals surface area contributed by atoms with Crippen LogP contribution in [0.3, 0.4) is 0 Å². The monoisotopic (exact) mass is 351 g/mol. The summed E-state index contributed by atoms with van der Waals surface area (Å²) in [5.41, 5.74) is 1.46. The van der Waals surface area contributed by atoms with Gasteiger partial charge in [-0.1, -0.05) is 0 Å². The van der Waals surface area contributed by atoms with E-state index in [0.29, 0.717) is 17.3 Å². The minimum atomic E-state index is -0.423. The molecule has 2 aromatic rings. The molecule has 0 bridgehead atoms. The highest BCUT2D eigenvalue weighted by molar-refractivity contribution is 9.10. The van der Waals surface area contributed by atoms with E-state index in [0.717, 1.165) is 10.0 Å². The molecule has 7 heteroatoms. The Morgan fingerprint density at radius 2 is 2.10 bits per heavy atom. The Morgan fingerprint density at radius 3 is 2.62 bits per heavy atom. The summed E-state index contributed by atoms with van der Waals surface area (Å²) in [6, 6.07) is 6.37. The fraction of sp³-hybridized carbons (Fsp3) is 0.214. The van der Waals surface area contributed by atoms with Gasteiger partial charge in [-0.3, -0.25) is 15.1 Å².